The van der Waals surface area contributed by atoms with Gasteiger partial charge in [-0.2, -0.15) is 0 Å². The molecule has 2 aliphatic heterocycles. The van der Waals surface area contributed by atoms with Crippen LogP contribution in [0.3, 0.4) is 0 Å². The molecule has 1 saturated heterocycles. The minimum atomic E-state index is -0.380. The number of urea groups is 2. The Labute approximate surface area is 131 Å². The van der Waals surface area contributed by atoms with Crippen molar-refractivity contribution in [3.63, 3.8) is 0 Å². The lowest BCUT2D eigenvalue weighted by Gasteiger charge is -2.30. The summed E-state index contributed by atoms with van der Waals surface area (Å²) in [6.07, 6.45) is 2.18. The second-order valence-electron chi connectivity index (χ2n) is 5.61. The minimum Gasteiger partial charge on any atom is -0.336 e. The number of pyridine rings is 1. The Kier molecular flexibility index (Phi) is 3.03. The first kappa shape index (κ1) is 13.7. The van der Waals surface area contributed by atoms with Gasteiger partial charge in [-0.15, -0.1) is 0 Å². The van der Waals surface area contributed by atoms with Gasteiger partial charge in [0, 0.05) is 32.3 Å². The summed E-state index contributed by atoms with van der Waals surface area (Å²) in [7, 11) is 0. The van der Waals surface area contributed by atoms with Gasteiger partial charge in [0.1, 0.15) is 5.65 Å². The molecule has 118 valence electrons. The van der Waals surface area contributed by atoms with Crippen LogP contribution < -0.4 is 10.9 Å². The van der Waals surface area contributed by atoms with Crippen LogP contribution in [-0.2, 0) is 13.0 Å². The van der Waals surface area contributed by atoms with E-state index in [9.17, 15) is 14.4 Å². The molecule has 0 unspecified atom stereocenters. The van der Waals surface area contributed by atoms with Gasteiger partial charge in [-0.3, -0.25) is 9.20 Å². The van der Waals surface area contributed by atoms with Crippen molar-refractivity contribution in [1.82, 2.24) is 24.5 Å². The molecule has 4 amide bonds. The predicted molar refractivity (Wildman–Crippen MR) is 81.1 cm³/mol. The van der Waals surface area contributed by atoms with Gasteiger partial charge in [0.25, 0.3) is 5.56 Å². The van der Waals surface area contributed by atoms with Crippen molar-refractivity contribution in [2.24, 2.45) is 0 Å². The average Bonchev–Trinajstić information content (AvgIpc) is 3.00. The van der Waals surface area contributed by atoms with Crippen LogP contribution in [0.2, 0.25) is 0 Å². The van der Waals surface area contributed by atoms with Crippen molar-refractivity contribution in [1.29, 1.82) is 0 Å². The zero-order valence-corrected chi connectivity index (χ0v) is 12.4. The number of fused-ring (bicyclic) bond motifs is 2. The lowest BCUT2D eigenvalue weighted by molar-refractivity contribution is 0.158. The lowest BCUT2D eigenvalue weighted by atomic mass is 10.1. The van der Waals surface area contributed by atoms with Gasteiger partial charge in [0.05, 0.1) is 17.8 Å². The summed E-state index contributed by atoms with van der Waals surface area (Å²) < 4.78 is 1.48. The van der Waals surface area contributed by atoms with Crippen LogP contribution in [-0.4, -0.2) is 50.9 Å². The number of imide groups is 1. The summed E-state index contributed by atoms with van der Waals surface area (Å²) in [4.78, 5) is 43.9. The fraction of sp³-hybridized carbons (Fsp3) is 0.333. The Bertz CT molecular complexity index is 875. The summed E-state index contributed by atoms with van der Waals surface area (Å²) in [5, 5.41) is 2.61. The van der Waals surface area contributed by atoms with E-state index in [2.05, 4.69) is 10.3 Å². The third kappa shape index (κ3) is 2.14. The first-order chi connectivity index (χ1) is 11.1. The van der Waals surface area contributed by atoms with Crippen molar-refractivity contribution in [3.8, 4) is 0 Å². The quantitative estimate of drug-likeness (QED) is 0.752. The van der Waals surface area contributed by atoms with Gasteiger partial charge in [-0.05, 0) is 12.1 Å². The fourth-order valence-corrected chi connectivity index (χ4v) is 3.04. The van der Waals surface area contributed by atoms with E-state index in [-0.39, 0.29) is 24.2 Å². The number of amides is 4. The summed E-state index contributed by atoms with van der Waals surface area (Å²) in [5.74, 6) is 0. The number of carbonyl (C=O) groups excluding carboxylic acids is 2. The third-order valence-corrected chi connectivity index (χ3v) is 4.24. The van der Waals surface area contributed by atoms with E-state index in [0.29, 0.717) is 37.3 Å². The monoisotopic (exact) mass is 313 g/mol. The molecule has 0 aromatic carbocycles. The maximum absolute atomic E-state index is 12.6. The van der Waals surface area contributed by atoms with E-state index < -0.39 is 0 Å². The molecule has 2 aliphatic rings. The number of nitrogens with zero attached hydrogens (tertiary/aromatic N) is 4. The third-order valence-electron chi connectivity index (χ3n) is 4.24. The van der Waals surface area contributed by atoms with E-state index in [0.717, 1.165) is 5.69 Å². The highest BCUT2D eigenvalue weighted by Crippen LogP contribution is 2.17. The van der Waals surface area contributed by atoms with E-state index in [1.54, 1.807) is 18.3 Å². The molecule has 0 radical (unpaired) electrons. The fourth-order valence-electron chi connectivity index (χ4n) is 3.04. The first-order valence-corrected chi connectivity index (χ1v) is 7.48. The van der Waals surface area contributed by atoms with Crippen LogP contribution in [0.1, 0.15) is 11.3 Å². The Balaban J connectivity index is 1.69. The highest BCUT2D eigenvalue weighted by atomic mass is 16.2. The minimum absolute atomic E-state index is 0.158. The molecule has 0 atom stereocenters. The number of hydrogen-bond donors (Lipinski definition) is 1. The normalized spacial score (nSPS) is 17.3. The molecule has 1 fully saturated rings. The molecule has 0 spiro atoms. The molecule has 4 heterocycles. The molecule has 23 heavy (non-hydrogen) atoms. The van der Waals surface area contributed by atoms with Crippen LogP contribution in [0.5, 0.6) is 0 Å². The number of aromatic nitrogens is 2. The number of carbonyl (C=O) groups is 2. The summed E-state index contributed by atoms with van der Waals surface area (Å²) in [6.45, 7) is 1.45. The highest BCUT2D eigenvalue weighted by molar-refractivity contribution is 5.95. The van der Waals surface area contributed by atoms with Crippen molar-refractivity contribution >= 4 is 17.7 Å². The van der Waals surface area contributed by atoms with Crippen LogP contribution in [0.25, 0.3) is 5.65 Å². The molecule has 0 saturated carbocycles. The molecule has 8 nitrogen and oxygen atoms in total. The van der Waals surface area contributed by atoms with Gasteiger partial charge < -0.3 is 10.2 Å². The van der Waals surface area contributed by atoms with Gasteiger partial charge in [-0.25, -0.2) is 19.5 Å². The molecule has 1 N–H and O–H groups in total. The van der Waals surface area contributed by atoms with Crippen LogP contribution >= 0.6 is 0 Å². The van der Waals surface area contributed by atoms with Crippen LogP contribution in [0.4, 0.5) is 9.59 Å². The van der Waals surface area contributed by atoms with Gasteiger partial charge in [0.15, 0.2) is 0 Å². The standard InChI is InChI=1S/C15H15N5O3/c21-13-10-9-18(15(23)20-8-5-16-14(20)22)7-4-11(10)17-12-3-1-2-6-19(12)13/h1-3,6H,4-5,7-9H2,(H,16,22). The van der Waals surface area contributed by atoms with Gasteiger partial charge >= 0.3 is 12.1 Å². The molecule has 8 heteroatoms. The average molecular weight is 313 g/mol. The maximum Gasteiger partial charge on any atom is 0.328 e. The number of rotatable bonds is 0. The zero-order valence-electron chi connectivity index (χ0n) is 12.4. The Hall–Kier alpha value is -2.90. The van der Waals surface area contributed by atoms with E-state index in [1.165, 1.54) is 14.2 Å². The molecule has 2 aromatic rings. The Morgan fingerprint density at radius 3 is 2.87 bits per heavy atom. The SMILES string of the molecule is O=C1NCCN1C(=O)N1CCc2nc3ccccn3c(=O)c2C1. The van der Waals surface area contributed by atoms with E-state index >= 15 is 0 Å². The number of nitrogens with one attached hydrogen (secondary N) is 1. The van der Waals surface area contributed by atoms with E-state index in [1.807, 2.05) is 6.07 Å². The van der Waals surface area contributed by atoms with Crippen molar-refractivity contribution in [3.05, 3.63) is 46.0 Å². The number of hydrogen-bond acceptors (Lipinski definition) is 4. The molecular weight excluding hydrogens is 298 g/mol. The maximum atomic E-state index is 12.6. The molecular formula is C15H15N5O3. The second-order valence-corrected chi connectivity index (χ2v) is 5.61. The Morgan fingerprint density at radius 1 is 1.22 bits per heavy atom. The predicted octanol–water partition coefficient (Wildman–Crippen LogP) is 0.198. The first-order valence-electron chi connectivity index (χ1n) is 7.48. The van der Waals surface area contributed by atoms with Crippen LogP contribution in [0.15, 0.2) is 29.2 Å². The zero-order chi connectivity index (χ0) is 16.0. The molecule has 4 rings (SSSR count). The lowest BCUT2D eigenvalue weighted by Crippen LogP contribution is -2.48. The van der Waals surface area contributed by atoms with Crippen molar-refractivity contribution in [2.45, 2.75) is 13.0 Å². The topological polar surface area (TPSA) is 87.0 Å². The van der Waals surface area contributed by atoms with Crippen molar-refractivity contribution in [2.75, 3.05) is 19.6 Å². The summed E-state index contributed by atoms with van der Waals surface area (Å²) in [5.41, 5.74) is 1.70. The van der Waals surface area contributed by atoms with Gasteiger partial charge in [0.2, 0.25) is 0 Å². The van der Waals surface area contributed by atoms with Crippen LogP contribution in [0, 0.1) is 0 Å². The summed E-state index contributed by atoms with van der Waals surface area (Å²) in [6, 6.07) is 4.65. The largest absolute Gasteiger partial charge is 0.336 e. The van der Waals surface area contributed by atoms with Gasteiger partial charge in [-0.1, -0.05) is 6.07 Å². The molecule has 0 aliphatic carbocycles. The van der Waals surface area contributed by atoms with E-state index in [4.69, 9.17) is 0 Å². The second kappa shape index (κ2) is 5.08. The Morgan fingerprint density at radius 2 is 2.09 bits per heavy atom. The molecule has 0 bridgehead atoms. The smallest absolute Gasteiger partial charge is 0.328 e. The highest BCUT2D eigenvalue weighted by Gasteiger charge is 2.33. The molecule has 2 aromatic heterocycles. The summed E-state index contributed by atoms with van der Waals surface area (Å²) >= 11 is 0. The van der Waals surface area contributed by atoms with Crippen molar-refractivity contribution < 1.29 is 9.59 Å².